The van der Waals surface area contributed by atoms with Gasteiger partial charge in [-0.2, -0.15) is 0 Å². The number of nitrogens with one attached hydrogen (secondary N) is 1. The van der Waals surface area contributed by atoms with E-state index in [1.807, 2.05) is 0 Å². The van der Waals surface area contributed by atoms with Crippen molar-refractivity contribution in [3.8, 4) is 0 Å². The number of rotatable bonds is 1. The molecule has 0 aromatic carbocycles. The van der Waals surface area contributed by atoms with Crippen molar-refractivity contribution >= 4 is 15.9 Å². The molecule has 2 nitrogen and oxygen atoms in total. The molecule has 1 rings (SSSR count). The molecule has 0 aliphatic heterocycles. The van der Waals surface area contributed by atoms with Gasteiger partial charge in [0.05, 0.1) is 10.2 Å². The highest BCUT2D eigenvalue weighted by molar-refractivity contribution is 9.10. The van der Waals surface area contributed by atoms with Crippen LogP contribution in [0.15, 0.2) is 15.3 Å². The van der Waals surface area contributed by atoms with Gasteiger partial charge in [0.15, 0.2) is 0 Å². The standard InChI is InChI=1S/C7H6BrF2NO/c1-3-2-4(8)7(12)11-5(3)6(9)10/h2,6H,1H3,(H,11,12). The number of H-pyrrole nitrogens is 1. The molecule has 1 heterocycles. The minimum Gasteiger partial charge on any atom is -0.320 e. The summed E-state index contributed by atoms with van der Waals surface area (Å²) in [4.78, 5) is 13.0. The van der Waals surface area contributed by atoms with E-state index in [1.165, 1.54) is 13.0 Å². The fraction of sp³-hybridized carbons (Fsp3) is 0.286. The van der Waals surface area contributed by atoms with E-state index in [1.54, 1.807) is 0 Å². The molecule has 0 spiro atoms. The molecule has 5 heteroatoms. The zero-order valence-corrected chi connectivity index (χ0v) is 7.78. The maximum atomic E-state index is 12.2. The Kier molecular flexibility index (Phi) is 2.62. The van der Waals surface area contributed by atoms with Crippen LogP contribution in [-0.4, -0.2) is 4.98 Å². The monoisotopic (exact) mass is 237 g/mol. The minimum absolute atomic E-state index is 0.268. The van der Waals surface area contributed by atoms with Gasteiger partial charge in [-0.05, 0) is 34.5 Å². The summed E-state index contributed by atoms with van der Waals surface area (Å²) in [5.41, 5.74) is -0.476. The van der Waals surface area contributed by atoms with Crippen LogP contribution in [0, 0.1) is 6.92 Å². The van der Waals surface area contributed by atoms with Crippen LogP contribution in [-0.2, 0) is 0 Å². The highest BCUT2D eigenvalue weighted by Crippen LogP contribution is 2.20. The molecule has 0 atom stereocenters. The predicted octanol–water partition coefficient (Wildman–Crippen LogP) is 2.38. The summed E-state index contributed by atoms with van der Waals surface area (Å²) in [6, 6.07) is 1.38. The Bertz CT molecular complexity index is 348. The van der Waals surface area contributed by atoms with Gasteiger partial charge in [-0.1, -0.05) is 0 Å². The van der Waals surface area contributed by atoms with E-state index in [-0.39, 0.29) is 10.2 Å². The summed E-state index contributed by atoms with van der Waals surface area (Å²) in [6.45, 7) is 1.52. The van der Waals surface area contributed by atoms with Crippen LogP contribution in [0.3, 0.4) is 0 Å². The Morgan fingerprint density at radius 1 is 1.58 bits per heavy atom. The van der Waals surface area contributed by atoms with Crippen LogP contribution in [0.25, 0.3) is 0 Å². The van der Waals surface area contributed by atoms with Gasteiger partial charge < -0.3 is 4.98 Å². The Balaban J connectivity index is 3.33. The first-order valence-corrected chi connectivity index (χ1v) is 3.99. The fourth-order valence-corrected chi connectivity index (χ4v) is 1.28. The van der Waals surface area contributed by atoms with E-state index in [4.69, 9.17) is 0 Å². The van der Waals surface area contributed by atoms with Gasteiger partial charge in [0.1, 0.15) is 0 Å². The lowest BCUT2D eigenvalue weighted by atomic mass is 10.2. The third-order valence-electron chi connectivity index (χ3n) is 1.45. The molecule has 0 saturated heterocycles. The van der Waals surface area contributed by atoms with Crippen LogP contribution in [0.1, 0.15) is 17.7 Å². The van der Waals surface area contributed by atoms with Crippen molar-refractivity contribution in [3.05, 3.63) is 32.2 Å². The van der Waals surface area contributed by atoms with Crippen molar-refractivity contribution in [2.45, 2.75) is 13.3 Å². The molecule has 0 aliphatic carbocycles. The Morgan fingerprint density at radius 2 is 2.17 bits per heavy atom. The van der Waals surface area contributed by atoms with Crippen LogP contribution >= 0.6 is 15.9 Å². The summed E-state index contributed by atoms with van der Waals surface area (Å²) < 4.78 is 24.6. The lowest BCUT2D eigenvalue weighted by Crippen LogP contribution is -2.11. The summed E-state index contributed by atoms with van der Waals surface area (Å²) in [6.07, 6.45) is -2.63. The zero-order chi connectivity index (χ0) is 9.30. The van der Waals surface area contributed by atoms with Crippen molar-refractivity contribution in [3.63, 3.8) is 0 Å². The number of aromatic nitrogens is 1. The third-order valence-corrected chi connectivity index (χ3v) is 2.04. The molecule has 1 N–H and O–H groups in total. The highest BCUT2D eigenvalue weighted by atomic mass is 79.9. The van der Waals surface area contributed by atoms with Crippen LogP contribution in [0.5, 0.6) is 0 Å². The third kappa shape index (κ3) is 1.72. The normalized spacial score (nSPS) is 10.8. The number of hydrogen-bond donors (Lipinski definition) is 1. The summed E-state index contributed by atoms with van der Waals surface area (Å²) >= 11 is 2.94. The molecule has 0 saturated carbocycles. The molecular weight excluding hydrogens is 232 g/mol. The first-order chi connectivity index (χ1) is 5.52. The Hall–Kier alpha value is -0.710. The number of aryl methyl sites for hydroxylation is 1. The highest BCUT2D eigenvalue weighted by Gasteiger charge is 2.12. The van der Waals surface area contributed by atoms with Gasteiger partial charge in [-0.25, -0.2) is 8.78 Å². The van der Waals surface area contributed by atoms with Crippen molar-refractivity contribution in [2.24, 2.45) is 0 Å². The number of hydrogen-bond acceptors (Lipinski definition) is 1. The second kappa shape index (κ2) is 3.35. The molecule has 1 aromatic heterocycles. The smallest absolute Gasteiger partial charge is 0.278 e. The molecule has 0 radical (unpaired) electrons. The first kappa shape index (κ1) is 9.38. The average Bonchev–Trinajstić information content (AvgIpc) is 1.96. The van der Waals surface area contributed by atoms with Crippen molar-refractivity contribution in [1.29, 1.82) is 0 Å². The molecule has 0 bridgehead atoms. The van der Waals surface area contributed by atoms with Crippen LogP contribution in [0.2, 0.25) is 0 Å². The van der Waals surface area contributed by atoms with Crippen LogP contribution in [0.4, 0.5) is 8.78 Å². The molecule has 12 heavy (non-hydrogen) atoms. The zero-order valence-electron chi connectivity index (χ0n) is 6.20. The second-order valence-electron chi connectivity index (χ2n) is 2.34. The summed E-state index contributed by atoms with van der Waals surface area (Å²) in [5.74, 6) is 0. The Labute approximate surface area is 75.7 Å². The van der Waals surface area contributed by atoms with Crippen molar-refractivity contribution in [2.75, 3.05) is 0 Å². The van der Waals surface area contributed by atoms with Gasteiger partial charge in [0.25, 0.3) is 12.0 Å². The van der Waals surface area contributed by atoms with Gasteiger partial charge in [0, 0.05) is 0 Å². The lowest BCUT2D eigenvalue weighted by molar-refractivity contribution is 0.145. The number of pyridine rings is 1. The van der Waals surface area contributed by atoms with E-state index in [0.29, 0.717) is 5.56 Å². The summed E-state index contributed by atoms with van der Waals surface area (Å²) in [5, 5.41) is 0. The van der Waals surface area contributed by atoms with Gasteiger partial charge in [0.2, 0.25) is 0 Å². The van der Waals surface area contributed by atoms with Crippen molar-refractivity contribution in [1.82, 2.24) is 4.98 Å². The average molecular weight is 238 g/mol. The topological polar surface area (TPSA) is 32.9 Å². The molecule has 0 aliphatic rings. The Morgan fingerprint density at radius 3 is 2.67 bits per heavy atom. The minimum atomic E-state index is -2.63. The van der Waals surface area contributed by atoms with Crippen molar-refractivity contribution < 1.29 is 8.78 Å². The first-order valence-electron chi connectivity index (χ1n) is 3.20. The molecule has 0 fully saturated rings. The molecule has 0 amide bonds. The fourth-order valence-electron chi connectivity index (χ4n) is 0.841. The molecule has 0 unspecified atom stereocenters. The lowest BCUT2D eigenvalue weighted by Gasteiger charge is -2.03. The molecular formula is C7H6BrF2NO. The number of aromatic amines is 1. The van der Waals surface area contributed by atoms with E-state index in [9.17, 15) is 13.6 Å². The largest absolute Gasteiger partial charge is 0.320 e. The van der Waals surface area contributed by atoms with E-state index in [2.05, 4.69) is 20.9 Å². The SMILES string of the molecule is Cc1cc(Br)c(=O)[nH]c1C(F)F. The number of alkyl halides is 2. The quantitative estimate of drug-likeness (QED) is 0.800. The second-order valence-corrected chi connectivity index (χ2v) is 3.20. The maximum absolute atomic E-state index is 12.2. The van der Waals surface area contributed by atoms with Gasteiger partial charge in [-0.15, -0.1) is 0 Å². The molecule has 66 valence electrons. The molecule has 1 aromatic rings. The van der Waals surface area contributed by atoms with E-state index < -0.39 is 12.0 Å². The summed E-state index contributed by atoms with van der Waals surface area (Å²) in [7, 11) is 0. The van der Waals surface area contributed by atoms with Gasteiger partial charge >= 0.3 is 0 Å². The number of halogens is 3. The maximum Gasteiger partial charge on any atom is 0.278 e. The van der Waals surface area contributed by atoms with E-state index >= 15 is 0 Å². The van der Waals surface area contributed by atoms with E-state index in [0.717, 1.165) is 0 Å². The van der Waals surface area contributed by atoms with Gasteiger partial charge in [-0.3, -0.25) is 4.79 Å². The predicted molar refractivity (Wildman–Crippen MR) is 44.5 cm³/mol. The van der Waals surface area contributed by atoms with Crippen LogP contribution < -0.4 is 5.56 Å².